The van der Waals surface area contributed by atoms with Gasteiger partial charge in [0.05, 0.1) is 6.21 Å². The Kier molecular flexibility index (Phi) is 5.93. The minimum atomic E-state index is -1.27. The highest BCUT2D eigenvalue weighted by Gasteiger charge is 2.16. The van der Waals surface area contributed by atoms with E-state index in [0.717, 1.165) is 22.0 Å². The zero-order valence-corrected chi connectivity index (χ0v) is 16.8. The quantitative estimate of drug-likeness (QED) is 0.357. The number of carbonyl (C=O) groups is 1. The van der Waals surface area contributed by atoms with Gasteiger partial charge in [-0.3, -0.25) is 4.79 Å². The van der Waals surface area contributed by atoms with Gasteiger partial charge in [0.2, 0.25) is 0 Å². The number of nitrogens with one attached hydrogen (secondary N) is 1. The lowest BCUT2D eigenvalue weighted by atomic mass is 10.1. The van der Waals surface area contributed by atoms with Crippen LogP contribution in [-0.2, 0) is 11.3 Å². The van der Waals surface area contributed by atoms with Crippen molar-refractivity contribution in [2.24, 2.45) is 5.10 Å². The summed E-state index contributed by atoms with van der Waals surface area (Å²) in [5.74, 6) is -0.581. The number of aliphatic hydroxyl groups is 1. The van der Waals surface area contributed by atoms with E-state index in [9.17, 15) is 9.90 Å². The van der Waals surface area contributed by atoms with Crippen molar-refractivity contribution in [3.8, 4) is 0 Å². The van der Waals surface area contributed by atoms with Crippen LogP contribution in [0.25, 0.3) is 10.9 Å². The molecule has 0 aliphatic rings. The first-order valence-corrected chi connectivity index (χ1v) is 9.88. The first kappa shape index (κ1) is 19.9. The number of para-hydroxylation sites is 1. The van der Waals surface area contributed by atoms with E-state index in [1.807, 2.05) is 60.8 Å². The molecule has 2 N–H and O–H groups in total. The fourth-order valence-electron chi connectivity index (χ4n) is 3.31. The summed E-state index contributed by atoms with van der Waals surface area (Å²) in [4.78, 5) is 12.2. The Morgan fingerprint density at radius 3 is 2.50 bits per heavy atom. The van der Waals surface area contributed by atoms with Gasteiger partial charge in [0, 0.05) is 34.2 Å². The Labute approximate surface area is 179 Å². The van der Waals surface area contributed by atoms with Crippen LogP contribution in [-0.4, -0.2) is 21.8 Å². The third-order valence-electron chi connectivity index (χ3n) is 4.83. The maximum atomic E-state index is 12.2. The van der Waals surface area contributed by atoms with E-state index in [1.165, 1.54) is 0 Å². The summed E-state index contributed by atoms with van der Waals surface area (Å²) < 4.78 is 2.13. The number of hydrazone groups is 1. The molecule has 3 aromatic carbocycles. The molecule has 150 valence electrons. The van der Waals surface area contributed by atoms with Crippen molar-refractivity contribution in [1.29, 1.82) is 0 Å². The average molecular weight is 418 g/mol. The van der Waals surface area contributed by atoms with Gasteiger partial charge in [-0.05, 0) is 29.3 Å². The average Bonchev–Trinajstić information content (AvgIpc) is 3.13. The Bertz CT molecular complexity index is 1180. The maximum absolute atomic E-state index is 12.2. The predicted molar refractivity (Wildman–Crippen MR) is 120 cm³/mol. The summed E-state index contributed by atoms with van der Waals surface area (Å²) in [5.41, 5.74) is 5.99. The van der Waals surface area contributed by atoms with Crippen molar-refractivity contribution in [3.63, 3.8) is 0 Å². The predicted octanol–water partition coefficient (Wildman–Crippen LogP) is 4.53. The molecule has 0 bridgehead atoms. The second-order valence-corrected chi connectivity index (χ2v) is 7.34. The van der Waals surface area contributed by atoms with Crippen molar-refractivity contribution in [2.45, 2.75) is 12.6 Å². The molecule has 0 aliphatic carbocycles. The lowest BCUT2D eigenvalue weighted by molar-refractivity contribution is -0.129. The van der Waals surface area contributed by atoms with Gasteiger partial charge in [-0.1, -0.05) is 72.3 Å². The van der Waals surface area contributed by atoms with Gasteiger partial charge in [0.25, 0.3) is 5.91 Å². The molecule has 0 spiro atoms. The molecule has 1 atom stereocenters. The lowest BCUT2D eigenvalue weighted by Crippen LogP contribution is -2.25. The molecule has 0 unspecified atom stereocenters. The summed E-state index contributed by atoms with van der Waals surface area (Å²) in [7, 11) is 0. The maximum Gasteiger partial charge on any atom is 0.273 e. The molecule has 0 fully saturated rings. The molecule has 0 radical (unpaired) electrons. The number of amides is 1. The van der Waals surface area contributed by atoms with Gasteiger partial charge in [-0.25, -0.2) is 5.43 Å². The van der Waals surface area contributed by atoms with Crippen LogP contribution < -0.4 is 5.43 Å². The fraction of sp³-hybridized carbons (Fsp3) is 0.0833. The van der Waals surface area contributed by atoms with Crippen LogP contribution in [0.1, 0.15) is 22.8 Å². The van der Waals surface area contributed by atoms with E-state index in [-0.39, 0.29) is 0 Å². The number of nitrogens with zero attached hydrogens (tertiary/aromatic N) is 2. The van der Waals surface area contributed by atoms with E-state index >= 15 is 0 Å². The second-order valence-electron chi connectivity index (χ2n) is 6.90. The number of halogens is 1. The van der Waals surface area contributed by atoms with Crippen molar-refractivity contribution >= 4 is 34.6 Å². The molecule has 5 nitrogen and oxygen atoms in total. The highest BCUT2D eigenvalue weighted by molar-refractivity contribution is 6.30. The van der Waals surface area contributed by atoms with Gasteiger partial charge in [0.15, 0.2) is 6.10 Å². The number of hydrogen-bond donors (Lipinski definition) is 2. The van der Waals surface area contributed by atoms with Gasteiger partial charge in [-0.15, -0.1) is 0 Å². The molecule has 0 aliphatic heterocycles. The Morgan fingerprint density at radius 2 is 1.73 bits per heavy atom. The molecule has 4 aromatic rings. The van der Waals surface area contributed by atoms with Crippen molar-refractivity contribution in [1.82, 2.24) is 9.99 Å². The Morgan fingerprint density at radius 1 is 1.03 bits per heavy atom. The summed E-state index contributed by atoms with van der Waals surface area (Å²) in [5, 5.41) is 15.9. The summed E-state index contributed by atoms with van der Waals surface area (Å²) in [6.45, 7) is 0.685. The van der Waals surface area contributed by atoms with E-state index in [4.69, 9.17) is 11.6 Å². The molecular formula is C24H20ClN3O2. The fourth-order valence-corrected chi connectivity index (χ4v) is 3.43. The topological polar surface area (TPSA) is 66.6 Å². The van der Waals surface area contributed by atoms with Crippen LogP contribution >= 0.6 is 11.6 Å². The normalized spacial score (nSPS) is 12.3. The van der Waals surface area contributed by atoms with Crippen molar-refractivity contribution < 1.29 is 9.90 Å². The van der Waals surface area contributed by atoms with Gasteiger partial charge >= 0.3 is 0 Å². The van der Waals surface area contributed by atoms with E-state index in [1.54, 1.807) is 30.5 Å². The van der Waals surface area contributed by atoms with Gasteiger partial charge in [-0.2, -0.15) is 5.10 Å². The number of aliphatic hydroxyl groups excluding tert-OH is 1. The van der Waals surface area contributed by atoms with E-state index in [2.05, 4.69) is 15.1 Å². The summed E-state index contributed by atoms with van der Waals surface area (Å²) >= 11 is 5.98. The summed E-state index contributed by atoms with van der Waals surface area (Å²) in [6, 6.07) is 24.5. The van der Waals surface area contributed by atoms with Crippen LogP contribution in [0.3, 0.4) is 0 Å². The molecule has 1 aromatic heterocycles. The SMILES string of the molecule is O=C(N/N=C\c1cn(Cc2ccc(Cl)cc2)c2ccccc12)[C@@H](O)c1ccccc1. The van der Waals surface area contributed by atoms with Crippen molar-refractivity contribution in [2.75, 3.05) is 0 Å². The molecule has 4 rings (SSSR count). The molecule has 6 heteroatoms. The number of carbonyl (C=O) groups excluding carboxylic acids is 1. The summed E-state index contributed by atoms with van der Waals surface area (Å²) in [6.07, 6.45) is 2.31. The van der Waals surface area contributed by atoms with Crippen LogP contribution in [0, 0.1) is 0 Å². The standard InChI is InChI=1S/C24H20ClN3O2/c25-20-12-10-17(11-13-20)15-28-16-19(21-8-4-5-9-22(21)28)14-26-27-24(30)23(29)18-6-2-1-3-7-18/h1-14,16,23,29H,15H2,(H,27,30)/b26-14-/t23-/m0/s1. The minimum absolute atomic E-state index is 0.518. The third kappa shape index (κ3) is 4.43. The van der Waals surface area contributed by atoms with E-state index < -0.39 is 12.0 Å². The van der Waals surface area contributed by atoms with E-state index in [0.29, 0.717) is 17.1 Å². The van der Waals surface area contributed by atoms with Crippen molar-refractivity contribution in [3.05, 3.63) is 107 Å². The first-order chi connectivity index (χ1) is 14.6. The molecule has 0 saturated carbocycles. The van der Waals surface area contributed by atoms with Crippen LogP contribution in [0.15, 0.2) is 90.2 Å². The first-order valence-electron chi connectivity index (χ1n) is 9.50. The van der Waals surface area contributed by atoms with Gasteiger partial charge in [0.1, 0.15) is 0 Å². The zero-order valence-electron chi connectivity index (χ0n) is 16.1. The Balaban J connectivity index is 1.52. The highest BCUT2D eigenvalue weighted by Crippen LogP contribution is 2.22. The number of benzene rings is 3. The zero-order chi connectivity index (χ0) is 20.9. The largest absolute Gasteiger partial charge is 0.378 e. The smallest absolute Gasteiger partial charge is 0.273 e. The van der Waals surface area contributed by atoms with Crippen LogP contribution in [0.2, 0.25) is 5.02 Å². The van der Waals surface area contributed by atoms with Gasteiger partial charge < -0.3 is 9.67 Å². The molecule has 0 saturated heterocycles. The molecule has 1 amide bonds. The molecular weight excluding hydrogens is 398 g/mol. The number of fused-ring (bicyclic) bond motifs is 1. The monoisotopic (exact) mass is 417 g/mol. The second kappa shape index (κ2) is 8.95. The molecule has 30 heavy (non-hydrogen) atoms. The highest BCUT2D eigenvalue weighted by atomic mass is 35.5. The van der Waals surface area contributed by atoms with Crippen LogP contribution in [0.4, 0.5) is 0 Å². The Hall–Kier alpha value is -3.41. The minimum Gasteiger partial charge on any atom is -0.378 e. The number of hydrogen-bond acceptors (Lipinski definition) is 3. The molecule has 1 heterocycles. The van der Waals surface area contributed by atoms with Crippen LogP contribution in [0.5, 0.6) is 0 Å². The third-order valence-corrected chi connectivity index (χ3v) is 5.08. The number of rotatable bonds is 6. The lowest BCUT2D eigenvalue weighted by Gasteiger charge is -2.08. The number of aromatic nitrogens is 1.